The molecule has 0 aliphatic carbocycles. The Balaban J connectivity index is 2.92. The van der Waals surface area contributed by atoms with Crippen LogP contribution in [0.3, 0.4) is 0 Å². The molecule has 1 unspecified atom stereocenters. The standard InChI is InChI=1S/C8H13NOS/c1-6-3-7(4-11-6)8(2,10)5-9/h3-4,10H,5,9H2,1-2H3. The Kier molecular flexibility index (Phi) is 2.32. The van der Waals surface area contributed by atoms with Crippen LogP contribution in [0.2, 0.25) is 0 Å². The molecule has 0 saturated heterocycles. The number of aryl methyl sites for hydroxylation is 1. The zero-order chi connectivity index (χ0) is 8.48. The third kappa shape index (κ3) is 1.80. The van der Waals surface area contributed by atoms with Crippen molar-refractivity contribution in [2.75, 3.05) is 6.54 Å². The third-order valence-corrected chi connectivity index (χ3v) is 2.61. The molecule has 1 aromatic rings. The first-order valence-electron chi connectivity index (χ1n) is 3.54. The monoisotopic (exact) mass is 171 g/mol. The third-order valence-electron chi connectivity index (χ3n) is 1.75. The smallest absolute Gasteiger partial charge is 0.0998 e. The molecule has 0 fully saturated rings. The predicted octanol–water partition coefficient (Wildman–Crippen LogP) is 1.22. The van der Waals surface area contributed by atoms with Crippen LogP contribution in [0.1, 0.15) is 17.4 Å². The van der Waals surface area contributed by atoms with Gasteiger partial charge in [0.15, 0.2) is 0 Å². The minimum atomic E-state index is -0.856. The summed E-state index contributed by atoms with van der Waals surface area (Å²) in [6.07, 6.45) is 0. The van der Waals surface area contributed by atoms with Crippen LogP contribution in [0.5, 0.6) is 0 Å². The van der Waals surface area contributed by atoms with Crippen LogP contribution in [0.15, 0.2) is 11.4 Å². The van der Waals surface area contributed by atoms with E-state index in [0.29, 0.717) is 0 Å². The van der Waals surface area contributed by atoms with E-state index in [-0.39, 0.29) is 6.54 Å². The van der Waals surface area contributed by atoms with E-state index < -0.39 is 5.60 Å². The molecule has 0 saturated carbocycles. The Hall–Kier alpha value is -0.380. The first-order valence-corrected chi connectivity index (χ1v) is 4.42. The van der Waals surface area contributed by atoms with Crippen LogP contribution >= 0.6 is 11.3 Å². The summed E-state index contributed by atoms with van der Waals surface area (Å²) in [6.45, 7) is 4.01. The van der Waals surface area contributed by atoms with Crippen molar-refractivity contribution in [2.24, 2.45) is 5.73 Å². The minimum Gasteiger partial charge on any atom is -0.384 e. The number of rotatable bonds is 2. The van der Waals surface area contributed by atoms with Gasteiger partial charge in [0.1, 0.15) is 0 Å². The van der Waals surface area contributed by atoms with E-state index in [1.54, 1.807) is 18.3 Å². The highest BCUT2D eigenvalue weighted by Gasteiger charge is 2.21. The van der Waals surface area contributed by atoms with Gasteiger partial charge in [-0.2, -0.15) is 0 Å². The summed E-state index contributed by atoms with van der Waals surface area (Å²) in [5, 5.41) is 11.6. The van der Waals surface area contributed by atoms with Crippen LogP contribution in [0.4, 0.5) is 0 Å². The normalized spacial score (nSPS) is 16.4. The lowest BCUT2D eigenvalue weighted by Gasteiger charge is -2.19. The Bertz CT molecular complexity index is 242. The lowest BCUT2D eigenvalue weighted by molar-refractivity contribution is 0.0672. The highest BCUT2D eigenvalue weighted by Crippen LogP contribution is 2.24. The molecule has 1 heterocycles. The fourth-order valence-electron chi connectivity index (χ4n) is 0.844. The molecule has 62 valence electrons. The summed E-state index contributed by atoms with van der Waals surface area (Å²) in [5.41, 5.74) is 5.46. The predicted molar refractivity (Wildman–Crippen MR) is 47.7 cm³/mol. The second kappa shape index (κ2) is 2.93. The van der Waals surface area contributed by atoms with Crippen LogP contribution < -0.4 is 5.73 Å². The molecular weight excluding hydrogens is 158 g/mol. The van der Waals surface area contributed by atoms with Gasteiger partial charge in [0, 0.05) is 11.4 Å². The Morgan fingerprint density at radius 3 is 2.73 bits per heavy atom. The molecule has 0 amide bonds. The SMILES string of the molecule is Cc1cc(C(C)(O)CN)cs1. The molecule has 0 aromatic carbocycles. The number of thiophene rings is 1. The average molecular weight is 171 g/mol. The van der Waals surface area contributed by atoms with Gasteiger partial charge in [-0.15, -0.1) is 11.3 Å². The maximum Gasteiger partial charge on any atom is 0.0998 e. The summed E-state index contributed by atoms with van der Waals surface area (Å²) in [7, 11) is 0. The second-order valence-electron chi connectivity index (χ2n) is 2.92. The van der Waals surface area contributed by atoms with Gasteiger partial charge in [0.05, 0.1) is 5.60 Å². The molecule has 1 rings (SSSR count). The van der Waals surface area contributed by atoms with Crippen LogP contribution in [-0.2, 0) is 5.60 Å². The summed E-state index contributed by atoms with van der Waals surface area (Å²) in [6, 6.07) is 1.97. The molecule has 2 nitrogen and oxygen atoms in total. The Morgan fingerprint density at radius 1 is 1.73 bits per heavy atom. The molecule has 3 heteroatoms. The minimum absolute atomic E-state index is 0.267. The maximum absolute atomic E-state index is 9.69. The van der Waals surface area contributed by atoms with Crippen molar-refractivity contribution in [3.8, 4) is 0 Å². The first kappa shape index (κ1) is 8.71. The summed E-state index contributed by atoms with van der Waals surface area (Å²) in [5.74, 6) is 0. The van der Waals surface area contributed by atoms with Crippen molar-refractivity contribution in [1.82, 2.24) is 0 Å². The molecule has 1 atom stereocenters. The molecule has 11 heavy (non-hydrogen) atoms. The first-order chi connectivity index (χ1) is 5.06. The van der Waals surface area contributed by atoms with Crippen molar-refractivity contribution >= 4 is 11.3 Å². The lowest BCUT2D eigenvalue weighted by Crippen LogP contribution is -2.30. The van der Waals surface area contributed by atoms with E-state index >= 15 is 0 Å². The van der Waals surface area contributed by atoms with Gasteiger partial charge in [-0.25, -0.2) is 0 Å². The van der Waals surface area contributed by atoms with E-state index in [0.717, 1.165) is 5.56 Å². The highest BCUT2D eigenvalue weighted by molar-refractivity contribution is 7.10. The zero-order valence-electron chi connectivity index (χ0n) is 6.79. The zero-order valence-corrected chi connectivity index (χ0v) is 7.61. The van der Waals surface area contributed by atoms with E-state index in [1.807, 2.05) is 18.4 Å². The van der Waals surface area contributed by atoms with E-state index in [4.69, 9.17) is 5.73 Å². The Labute approximate surface area is 70.7 Å². The Morgan fingerprint density at radius 2 is 2.36 bits per heavy atom. The van der Waals surface area contributed by atoms with Crippen molar-refractivity contribution < 1.29 is 5.11 Å². The number of hydrogen-bond donors (Lipinski definition) is 2. The van der Waals surface area contributed by atoms with Gasteiger partial charge in [-0.1, -0.05) is 0 Å². The largest absolute Gasteiger partial charge is 0.384 e. The summed E-state index contributed by atoms with van der Waals surface area (Å²) in [4.78, 5) is 1.20. The van der Waals surface area contributed by atoms with Crippen LogP contribution in [0.25, 0.3) is 0 Å². The molecule has 0 aliphatic heterocycles. The van der Waals surface area contributed by atoms with E-state index in [9.17, 15) is 5.11 Å². The number of aliphatic hydroxyl groups is 1. The van der Waals surface area contributed by atoms with Crippen molar-refractivity contribution in [3.05, 3.63) is 21.9 Å². The highest BCUT2D eigenvalue weighted by atomic mass is 32.1. The fraction of sp³-hybridized carbons (Fsp3) is 0.500. The molecule has 0 spiro atoms. The van der Waals surface area contributed by atoms with Crippen molar-refractivity contribution in [1.29, 1.82) is 0 Å². The molecule has 1 aromatic heterocycles. The number of hydrogen-bond acceptors (Lipinski definition) is 3. The van der Waals surface area contributed by atoms with Gasteiger partial charge < -0.3 is 10.8 Å². The van der Waals surface area contributed by atoms with Crippen LogP contribution in [0, 0.1) is 6.92 Å². The molecule has 0 radical (unpaired) electrons. The van der Waals surface area contributed by atoms with Gasteiger partial charge in [-0.3, -0.25) is 0 Å². The summed E-state index contributed by atoms with van der Waals surface area (Å²) < 4.78 is 0. The summed E-state index contributed by atoms with van der Waals surface area (Å²) >= 11 is 1.63. The number of nitrogens with two attached hydrogens (primary N) is 1. The topological polar surface area (TPSA) is 46.2 Å². The van der Waals surface area contributed by atoms with Gasteiger partial charge in [-0.05, 0) is 30.9 Å². The van der Waals surface area contributed by atoms with Crippen molar-refractivity contribution in [2.45, 2.75) is 19.4 Å². The fourth-order valence-corrected chi connectivity index (χ4v) is 1.67. The molecule has 0 aliphatic rings. The van der Waals surface area contributed by atoms with Crippen molar-refractivity contribution in [3.63, 3.8) is 0 Å². The van der Waals surface area contributed by atoms with Gasteiger partial charge in [0.25, 0.3) is 0 Å². The molecule has 0 bridgehead atoms. The quantitative estimate of drug-likeness (QED) is 0.703. The molecule has 3 N–H and O–H groups in total. The molecular formula is C8H13NOS. The second-order valence-corrected chi connectivity index (χ2v) is 4.04. The van der Waals surface area contributed by atoms with Gasteiger partial charge >= 0.3 is 0 Å². The van der Waals surface area contributed by atoms with Crippen LogP contribution in [-0.4, -0.2) is 11.7 Å². The van der Waals surface area contributed by atoms with Gasteiger partial charge in [0.2, 0.25) is 0 Å². The lowest BCUT2D eigenvalue weighted by atomic mass is 9.99. The average Bonchev–Trinajstić information content (AvgIpc) is 2.36. The van der Waals surface area contributed by atoms with E-state index in [2.05, 4.69) is 0 Å². The maximum atomic E-state index is 9.69. The van der Waals surface area contributed by atoms with E-state index in [1.165, 1.54) is 4.88 Å².